The van der Waals surface area contributed by atoms with Crippen LogP contribution >= 0.6 is 11.3 Å². The maximum atomic E-state index is 10.9. The van der Waals surface area contributed by atoms with E-state index in [1.807, 2.05) is 24.4 Å². The summed E-state index contributed by atoms with van der Waals surface area (Å²) in [7, 11) is 0. The predicted molar refractivity (Wildman–Crippen MR) is 89.4 cm³/mol. The molecule has 0 amide bonds. The maximum Gasteiger partial charge on any atom is 0.335 e. The molecule has 0 saturated carbocycles. The first-order chi connectivity index (χ1) is 10.5. The zero-order chi connectivity index (χ0) is 15.7. The first-order valence-electron chi connectivity index (χ1n) is 6.91. The minimum Gasteiger partial charge on any atom is -0.478 e. The number of thiazole rings is 1. The second kappa shape index (κ2) is 5.73. The van der Waals surface area contributed by atoms with Gasteiger partial charge in [0.2, 0.25) is 0 Å². The summed E-state index contributed by atoms with van der Waals surface area (Å²) < 4.78 is 0. The summed E-state index contributed by atoms with van der Waals surface area (Å²) in [6, 6.07) is 13.2. The molecule has 0 aliphatic rings. The number of hydrogen-bond acceptors (Lipinski definition) is 3. The number of carboxylic acids is 1. The van der Waals surface area contributed by atoms with Crippen molar-refractivity contribution in [2.75, 3.05) is 0 Å². The number of hydrogen-bond donors (Lipinski definition) is 1. The standard InChI is InChI=1S/C18H15NO2S/c1-11-9-15(17-19-12(2)10-22-17)7-8-16(11)13-3-5-14(6-4-13)18(20)21/h3-10H,1-2H3,(H,20,21). The fourth-order valence-electron chi connectivity index (χ4n) is 2.40. The summed E-state index contributed by atoms with van der Waals surface area (Å²) in [5.41, 5.74) is 5.72. The Morgan fingerprint density at radius 1 is 1.05 bits per heavy atom. The van der Waals surface area contributed by atoms with Crippen LogP contribution in [-0.2, 0) is 0 Å². The molecule has 2 aromatic carbocycles. The highest BCUT2D eigenvalue weighted by Gasteiger charge is 2.08. The zero-order valence-electron chi connectivity index (χ0n) is 12.3. The summed E-state index contributed by atoms with van der Waals surface area (Å²) in [5, 5.41) is 12.0. The molecule has 3 aromatic rings. The Kier molecular flexibility index (Phi) is 3.77. The van der Waals surface area contributed by atoms with Gasteiger partial charge in [-0.15, -0.1) is 11.3 Å². The Hall–Kier alpha value is -2.46. The molecule has 3 rings (SSSR count). The van der Waals surface area contributed by atoms with E-state index in [0.29, 0.717) is 5.56 Å². The SMILES string of the molecule is Cc1csc(-c2ccc(-c3ccc(C(=O)O)cc3)c(C)c2)n1. The first-order valence-corrected chi connectivity index (χ1v) is 7.79. The molecule has 0 unspecified atom stereocenters. The number of aromatic carboxylic acids is 1. The van der Waals surface area contributed by atoms with Crippen LogP contribution in [0.2, 0.25) is 0 Å². The van der Waals surface area contributed by atoms with Gasteiger partial charge in [0, 0.05) is 16.6 Å². The van der Waals surface area contributed by atoms with E-state index in [2.05, 4.69) is 30.1 Å². The van der Waals surface area contributed by atoms with Gasteiger partial charge in [-0.05, 0) is 48.7 Å². The highest BCUT2D eigenvalue weighted by atomic mass is 32.1. The van der Waals surface area contributed by atoms with Gasteiger partial charge in [0.1, 0.15) is 5.01 Å². The van der Waals surface area contributed by atoms with E-state index >= 15 is 0 Å². The van der Waals surface area contributed by atoms with Gasteiger partial charge < -0.3 is 5.11 Å². The van der Waals surface area contributed by atoms with Crippen molar-refractivity contribution in [1.29, 1.82) is 0 Å². The van der Waals surface area contributed by atoms with Crippen molar-refractivity contribution in [3.05, 3.63) is 64.7 Å². The number of rotatable bonds is 3. The average Bonchev–Trinajstić information content (AvgIpc) is 2.94. The van der Waals surface area contributed by atoms with Crippen LogP contribution in [0.1, 0.15) is 21.6 Å². The van der Waals surface area contributed by atoms with Crippen LogP contribution < -0.4 is 0 Å². The van der Waals surface area contributed by atoms with E-state index in [1.54, 1.807) is 23.5 Å². The van der Waals surface area contributed by atoms with E-state index in [4.69, 9.17) is 5.11 Å². The van der Waals surface area contributed by atoms with Gasteiger partial charge in [0.05, 0.1) is 5.56 Å². The van der Waals surface area contributed by atoms with Crippen LogP contribution in [-0.4, -0.2) is 16.1 Å². The molecule has 0 bridgehead atoms. The summed E-state index contributed by atoms with van der Waals surface area (Å²) in [5.74, 6) is -0.905. The molecular weight excluding hydrogens is 294 g/mol. The van der Waals surface area contributed by atoms with Crippen molar-refractivity contribution in [1.82, 2.24) is 4.98 Å². The van der Waals surface area contributed by atoms with Gasteiger partial charge in [-0.3, -0.25) is 0 Å². The minimum absolute atomic E-state index is 0.302. The second-order valence-electron chi connectivity index (χ2n) is 5.21. The lowest BCUT2D eigenvalue weighted by Crippen LogP contribution is -1.95. The molecule has 110 valence electrons. The normalized spacial score (nSPS) is 10.6. The van der Waals surface area contributed by atoms with Gasteiger partial charge in [0.15, 0.2) is 0 Å². The number of aryl methyl sites for hydroxylation is 2. The zero-order valence-corrected chi connectivity index (χ0v) is 13.1. The predicted octanol–water partition coefficient (Wildman–Crippen LogP) is 4.79. The van der Waals surface area contributed by atoms with E-state index < -0.39 is 5.97 Å². The lowest BCUT2D eigenvalue weighted by atomic mass is 9.98. The Labute approximate surface area is 132 Å². The van der Waals surface area contributed by atoms with Crippen molar-refractivity contribution in [2.24, 2.45) is 0 Å². The Morgan fingerprint density at radius 2 is 1.73 bits per heavy atom. The van der Waals surface area contributed by atoms with Crippen LogP contribution in [0, 0.1) is 13.8 Å². The summed E-state index contributed by atoms with van der Waals surface area (Å²) in [4.78, 5) is 15.4. The van der Waals surface area contributed by atoms with Crippen molar-refractivity contribution in [3.8, 4) is 21.7 Å². The molecule has 0 radical (unpaired) electrons. The molecule has 22 heavy (non-hydrogen) atoms. The average molecular weight is 309 g/mol. The van der Waals surface area contributed by atoms with Gasteiger partial charge in [-0.25, -0.2) is 9.78 Å². The van der Waals surface area contributed by atoms with E-state index in [-0.39, 0.29) is 0 Å². The molecule has 0 atom stereocenters. The number of carboxylic acid groups (broad SMARTS) is 1. The monoisotopic (exact) mass is 309 g/mol. The summed E-state index contributed by atoms with van der Waals surface area (Å²) in [6.07, 6.45) is 0. The van der Waals surface area contributed by atoms with Crippen molar-refractivity contribution >= 4 is 17.3 Å². The fraction of sp³-hybridized carbons (Fsp3) is 0.111. The van der Waals surface area contributed by atoms with Crippen LogP contribution in [0.5, 0.6) is 0 Å². The van der Waals surface area contributed by atoms with Crippen molar-refractivity contribution in [2.45, 2.75) is 13.8 Å². The summed E-state index contributed by atoms with van der Waals surface area (Å²) >= 11 is 1.64. The Bertz CT molecular complexity index is 835. The maximum absolute atomic E-state index is 10.9. The largest absolute Gasteiger partial charge is 0.478 e. The fourth-order valence-corrected chi connectivity index (χ4v) is 3.19. The molecular formula is C18H15NO2S. The van der Waals surface area contributed by atoms with Crippen molar-refractivity contribution in [3.63, 3.8) is 0 Å². The first kappa shape index (κ1) is 14.5. The molecule has 1 N–H and O–H groups in total. The van der Waals surface area contributed by atoms with Gasteiger partial charge in [-0.1, -0.05) is 24.3 Å². The minimum atomic E-state index is -0.905. The molecule has 0 saturated heterocycles. The highest BCUT2D eigenvalue weighted by Crippen LogP contribution is 2.30. The quantitative estimate of drug-likeness (QED) is 0.756. The molecule has 0 aliphatic carbocycles. The topological polar surface area (TPSA) is 50.2 Å². The molecule has 3 nitrogen and oxygen atoms in total. The number of benzene rings is 2. The number of aromatic nitrogens is 1. The number of carbonyl (C=O) groups is 1. The van der Waals surface area contributed by atoms with E-state index in [1.165, 1.54) is 0 Å². The third-order valence-electron chi connectivity index (χ3n) is 3.54. The Balaban J connectivity index is 1.96. The van der Waals surface area contributed by atoms with Crippen LogP contribution in [0.3, 0.4) is 0 Å². The van der Waals surface area contributed by atoms with Crippen LogP contribution in [0.15, 0.2) is 47.8 Å². The highest BCUT2D eigenvalue weighted by molar-refractivity contribution is 7.13. The van der Waals surface area contributed by atoms with Crippen LogP contribution in [0.25, 0.3) is 21.7 Å². The number of nitrogens with zero attached hydrogens (tertiary/aromatic N) is 1. The summed E-state index contributed by atoms with van der Waals surface area (Å²) in [6.45, 7) is 4.05. The molecule has 0 spiro atoms. The lowest BCUT2D eigenvalue weighted by molar-refractivity contribution is 0.0697. The lowest BCUT2D eigenvalue weighted by Gasteiger charge is -2.08. The van der Waals surface area contributed by atoms with Crippen LogP contribution in [0.4, 0.5) is 0 Å². The molecule has 4 heteroatoms. The van der Waals surface area contributed by atoms with Gasteiger partial charge >= 0.3 is 5.97 Å². The van der Waals surface area contributed by atoms with Gasteiger partial charge in [0.25, 0.3) is 0 Å². The molecule has 1 aromatic heterocycles. The third kappa shape index (κ3) is 2.78. The smallest absolute Gasteiger partial charge is 0.335 e. The third-order valence-corrected chi connectivity index (χ3v) is 4.54. The molecule has 0 fully saturated rings. The van der Waals surface area contributed by atoms with Crippen molar-refractivity contribution < 1.29 is 9.90 Å². The molecule has 0 aliphatic heterocycles. The van der Waals surface area contributed by atoms with Gasteiger partial charge in [-0.2, -0.15) is 0 Å². The van der Waals surface area contributed by atoms with E-state index in [0.717, 1.165) is 33.0 Å². The van der Waals surface area contributed by atoms with E-state index in [9.17, 15) is 4.79 Å². The Morgan fingerprint density at radius 3 is 2.27 bits per heavy atom. The molecule has 1 heterocycles. The second-order valence-corrected chi connectivity index (χ2v) is 6.06.